The number of carboxylic acids is 1. The number of aliphatic carboxylic acids is 1. The minimum atomic E-state index is -5.05. The van der Waals surface area contributed by atoms with Crippen LogP contribution >= 0.6 is 11.3 Å². The summed E-state index contributed by atoms with van der Waals surface area (Å²) in [5.74, 6) is 0.106. The summed E-state index contributed by atoms with van der Waals surface area (Å²) in [5, 5.41) is 12.9. The van der Waals surface area contributed by atoms with Gasteiger partial charge < -0.3 is 14.7 Å². The average Bonchev–Trinajstić information content (AvgIpc) is 3.64. The summed E-state index contributed by atoms with van der Waals surface area (Å²) in [6.45, 7) is 4.46. The topological polar surface area (TPSA) is 95.9 Å². The number of carbonyl (C=O) groups is 2. The first-order chi connectivity index (χ1) is 22.1. The molecule has 3 heterocycles. The fourth-order valence-electron chi connectivity index (χ4n) is 6.35. The number of carbonyl (C=O) groups excluding carboxylic acids is 1. The van der Waals surface area contributed by atoms with Crippen molar-refractivity contribution in [3.05, 3.63) is 63.6 Å². The van der Waals surface area contributed by atoms with E-state index in [1.807, 2.05) is 28.7 Å². The third kappa shape index (κ3) is 7.99. The molecule has 1 amide bonds. The van der Waals surface area contributed by atoms with Gasteiger partial charge in [0.05, 0.1) is 35.6 Å². The molecule has 2 aromatic heterocycles. The normalized spacial score (nSPS) is 22.0. The van der Waals surface area contributed by atoms with Gasteiger partial charge in [-0.15, -0.1) is 0 Å². The molecule has 1 aliphatic heterocycles. The number of hydrogen-bond acceptors (Lipinski definition) is 7. The molecule has 1 aliphatic carbocycles. The van der Waals surface area contributed by atoms with Crippen LogP contribution < -0.4 is 4.90 Å². The van der Waals surface area contributed by atoms with Crippen molar-refractivity contribution in [1.29, 1.82) is 0 Å². The number of amides is 1. The number of aromatic nitrogens is 2. The van der Waals surface area contributed by atoms with E-state index in [1.54, 1.807) is 6.20 Å². The van der Waals surface area contributed by atoms with Crippen LogP contribution in [0.3, 0.4) is 0 Å². The largest absolute Gasteiger partial charge is 0.481 e. The molecule has 0 bridgehead atoms. The van der Waals surface area contributed by atoms with Gasteiger partial charge in [0.2, 0.25) is 0 Å². The van der Waals surface area contributed by atoms with E-state index in [-0.39, 0.29) is 30.9 Å². The van der Waals surface area contributed by atoms with Crippen molar-refractivity contribution in [1.82, 2.24) is 14.9 Å². The molecule has 1 N–H and O–H groups in total. The first kappa shape index (κ1) is 34.5. The second-order valence-electron chi connectivity index (χ2n) is 12.1. The summed E-state index contributed by atoms with van der Waals surface area (Å²) in [5.41, 5.74) is -1.65. The van der Waals surface area contributed by atoms with Crippen molar-refractivity contribution < 1.29 is 45.8 Å². The van der Waals surface area contributed by atoms with Gasteiger partial charge in [0.1, 0.15) is 11.8 Å². The smallest absolute Gasteiger partial charge is 0.416 e. The first-order valence-electron chi connectivity index (χ1n) is 15.3. The molecular weight excluding hydrogens is 650 g/mol. The first-order valence-corrected chi connectivity index (χ1v) is 16.2. The second-order valence-corrected chi connectivity index (χ2v) is 12.9. The van der Waals surface area contributed by atoms with Crippen LogP contribution in [-0.2, 0) is 28.4 Å². The molecular formula is C32H34F6N4O4S. The van der Waals surface area contributed by atoms with Crippen LogP contribution in [0.4, 0.5) is 37.0 Å². The van der Waals surface area contributed by atoms with E-state index in [9.17, 15) is 35.9 Å². The maximum absolute atomic E-state index is 13.6. The lowest BCUT2D eigenvalue weighted by molar-refractivity contribution is -0.143. The highest BCUT2D eigenvalue weighted by Gasteiger charge is 2.44. The van der Waals surface area contributed by atoms with Crippen LogP contribution in [0, 0.1) is 11.8 Å². The van der Waals surface area contributed by atoms with E-state index in [2.05, 4.69) is 0 Å². The number of ether oxygens (including phenoxy) is 1. The van der Waals surface area contributed by atoms with Crippen molar-refractivity contribution in [3.63, 3.8) is 0 Å². The SMILES string of the molecule is CCN(CC1CCC(CC(=O)O)CC1)c1ncc(-c2ccsc2)nc1CN1C(=O)OC(c2cc(C(F)(F)F)cc(C(F)(F)F)c2)C1C. The Morgan fingerprint density at radius 3 is 2.26 bits per heavy atom. The van der Waals surface area contributed by atoms with Gasteiger partial charge in [-0.2, -0.15) is 37.7 Å². The second kappa shape index (κ2) is 13.7. The summed E-state index contributed by atoms with van der Waals surface area (Å²) in [7, 11) is 0. The number of alkyl halides is 6. The summed E-state index contributed by atoms with van der Waals surface area (Å²) in [6, 6.07) is 2.13. The van der Waals surface area contributed by atoms with Crippen LogP contribution in [-0.4, -0.2) is 51.2 Å². The highest BCUT2D eigenvalue weighted by atomic mass is 32.1. The molecule has 1 saturated heterocycles. The summed E-state index contributed by atoms with van der Waals surface area (Å²) < 4.78 is 86.9. The van der Waals surface area contributed by atoms with Crippen LogP contribution in [0.25, 0.3) is 11.3 Å². The van der Waals surface area contributed by atoms with E-state index < -0.39 is 53.3 Å². The van der Waals surface area contributed by atoms with Gasteiger partial charge in [0.15, 0.2) is 5.82 Å². The predicted molar refractivity (Wildman–Crippen MR) is 162 cm³/mol. The van der Waals surface area contributed by atoms with Crippen molar-refractivity contribution >= 4 is 29.2 Å². The third-order valence-electron chi connectivity index (χ3n) is 8.88. The molecule has 5 rings (SSSR count). The summed E-state index contributed by atoms with van der Waals surface area (Å²) >= 11 is 1.46. The zero-order chi connectivity index (χ0) is 34.1. The Kier molecular flexibility index (Phi) is 10.0. The molecule has 0 spiro atoms. The molecule has 2 unspecified atom stereocenters. The minimum Gasteiger partial charge on any atom is -0.481 e. The number of benzene rings is 1. The molecule has 8 nitrogen and oxygen atoms in total. The van der Waals surface area contributed by atoms with E-state index in [0.29, 0.717) is 42.4 Å². The molecule has 1 saturated carbocycles. The molecule has 0 radical (unpaired) electrons. The Hall–Kier alpha value is -3.88. The number of nitrogens with zero attached hydrogens (tertiary/aromatic N) is 4. The third-order valence-corrected chi connectivity index (χ3v) is 9.56. The number of anilines is 1. The molecule has 15 heteroatoms. The minimum absolute atomic E-state index is 0.0401. The van der Waals surface area contributed by atoms with Crippen molar-refractivity contribution in [2.45, 2.75) is 77.0 Å². The quantitative estimate of drug-likeness (QED) is 0.214. The standard InChI is InChI=1S/C32H34F6N4O4S/c1-3-41(15-20-6-4-19(5-7-20)10-27(43)44)29-26(40-25(14-39-29)21-8-9-47-17-21)16-42-18(2)28(46-30(42)45)22-11-23(31(33,34)35)13-24(12-22)32(36,37)38/h8-9,11-14,17-20,28H,3-7,10,15-16H2,1-2H3,(H,43,44). The number of thiophene rings is 1. The Balaban J connectivity index is 1.43. The summed E-state index contributed by atoms with van der Waals surface area (Å²) in [6.07, 6.45) is -7.33. The summed E-state index contributed by atoms with van der Waals surface area (Å²) in [4.78, 5) is 37.2. The van der Waals surface area contributed by atoms with Crippen LogP contribution in [0.15, 0.2) is 41.2 Å². The van der Waals surface area contributed by atoms with Gasteiger partial charge in [-0.3, -0.25) is 9.69 Å². The van der Waals surface area contributed by atoms with E-state index in [1.165, 1.54) is 23.2 Å². The molecule has 47 heavy (non-hydrogen) atoms. The van der Waals surface area contributed by atoms with Crippen LogP contribution in [0.5, 0.6) is 0 Å². The lowest BCUT2D eigenvalue weighted by Crippen LogP contribution is -2.36. The maximum Gasteiger partial charge on any atom is 0.416 e. The number of hydrogen-bond donors (Lipinski definition) is 1. The van der Waals surface area contributed by atoms with Gasteiger partial charge in [-0.05, 0) is 86.6 Å². The molecule has 2 atom stereocenters. The fraction of sp³-hybridized carbons (Fsp3) is 0.500. The van der Waals surface area contributed by atoms with Gasteiger partial charge in [0, 0.05) is 30.5 Å². The van der Waals surface area contributed by atoms with Gasteiger partial charge in [0.25, 0.3) is 0 Å². The van der Waals surface area contributed by atoms with Crippen LogP contribution in [0.1, 0.15) is 74.4 Å². The Morgan fingerprint density at radius 2 is 1.70 bits per heavy atom. The van der Waals surface area contributed by atoms with Crippen molar-refractivity contribution in [2.24, 2.45) is 11.8 Å². The van der Waals surface area contributed by atoms with E-state index >= 15 is 0 Å². The maximum atomic E-state index is 13.6. The predicted octanol–water partition coefficient (Wildman–Crippen LogP) is 8.43. The number of cyclic esters (lactones) is 1. The van der Waals surface area contributed by atoms with Gasteiger partial charge in [-0.1, -0.05) is 0 Å². The van der Waals surface area contributed by atoms with E-state index in [4.69, 9.17) is 19.8 Å². The van der Waals surface area contributed by atoms with Gasteiger partial charge in [-0.25, -0.2) is 14.8 Å². The lowest BCUT2D eigenvalue weighted by atomic mass is 9.80. The van der Waals surface area contributed by atoms with E-state index in [0.717, 1.165) is 31.2 Å². The number of carboxylic acid groups (broad SMARTS) is 1. The van der Waals surface area contributed by atoms with Crippen LogP contribution in [0.2, 0.25) is 0 Å². The highest BCUT2D eigenvalue weighted by Crippen LogP contribution is 2.41. The van der Waals surface area contributed by atoms with Crippen molar-refractivity contribution in [2.75, 3.05) is 18.0 Å². The van der Waals surface area contributed by atoms with Gasteiger partial charge >= 0.3 is 24.4 Å². The molecule has 1 aromatic carbocycles. The molecule has 3 aromatic rings. The monoisotopic (exact) mass is 684 g/mol. The average molecular weight is 685 g/mol. The Bertz CT molecular complexity index is 1540. The Labute approximate surface area is 271 Å². The molecule has 2 fully saturated rings. The Morgan fingerprint density at radius 1 is 1.06 bits per heavy atom. The zero-order valence-corrected chi connectivity index (χ0v) is 26.5. The number of halogens is 6. The number of rotatable bonds is 10. The molecule has 2 aliphatic rings. The highest BCUT2D eigenvalue weighted by molar-refractivity contribution is 7.08. The van der Waals surface area contributed by atoms with Crippen molar-refractivity contribution in [3.8, 4) is 11.3 Å². The fourth-order valence-corrected chi connectivity index (χ4v) is 7.00. The lowest BCUT2D eigenvalue weighted by Gasteiger charge is -2.33. The zero-order valence-electron chi connectivity index (χ0n) is 25.6. The molecule has 254 valence electrons.